The number of benzene rings is 1. The van der Waals surface area contributed by atoms with Crippen molar-refractivity contribution < 1.29 is 0 Å². The Morgan fingerprint density at radius 2 is 1.71 bits per heavy atom. The highest BCUT2D eigenvalue weighted by Gasteiger charge is 1.86. The first kappa shape index (κ1) is 13.0. The molecule has 0 amide bonds. The SMILES string of the molecule is CCCCC.CCc1cccc(N)c1. The van der Waals surface area contributed by atoms with E-state index in [1.807, 2.05) is 18.2 Å². The lowest BCUT2D eigenvalue weighted by atomic mass is 10.1. The fourth-order valence-electron chi connectivity index (χ4n) is 1.17. The van der Waals surface area contributed by atoms with Crippen molar-refractivity contribution in [2.24, 2.45) is 0 Å². The first-order valence-corrected chi connectivity index (χ1v) is 5.58. The second-order valence-corrected chi connectivity index (χ2v) is 3.45. The minimum atomic E-state index is 0.856. The zero-order chi connectivity index (χ0) is 10.8. The molecule has 0 aliphatic rings. The van der Waals surface area contributed by atoms with Gasteiger partial charge < -0.3 is 5.73 Å². The van der Waals surface area contributed by atoms with Gasteiger partial charge in [-0.15, -0.1) is 0 Å². The smallest absolute Gasteiger partial charge is 0.0316 e. The summed E-state index contributed by atoms with van der Waals surface area (Å²) in [4.78, 5) is 0. The molecular weight excluding hydrogens is 170 g/mol. The van der Waals surface area contributed by atoms with E-state index in [9.17, 15) is 0 Å². The molecular formula is C13H23N. The monoisotopic (exact) mass is 193 g/mol. The number of nitrogen functional groups attached to an aromatic ring is 1. The van der Waals surface area contributed by atoms with Gasteiger partial charge >= 0.3 is 0 Å². The molecule has 2 N–H and O–H groups in total. The summed E-state index contributed by atoms with van der Waals surface area (Å²) >= 11 is 0. The third kappa shape index (κ3) is 6.53. The number of anilines is 1. The zero-order valence-corrected chi connectivity index (χ0v) is 9.72. The maximum Gasteiger partial charge on any atom is 0.0316 e. The van der Waals surface area contributed by atoms with E-state index in [2.05, 4.69) is 26.8 Å². The molecule has 0 unspecified atom stereocenters. The van der Waals surface area contributed by atoms with E-state index < -0.39 is 0 Å². The van der Waals surface area contributed by atoms with Gasteiger partial charge in [0.2, 0.25) is 0 Å². The van der Waals surface area contributed by atoms with Crippen LogP contribution in [0.1, 0.15) is 45.6 Å². The standard InChI is InChI=1S/C8H11N.C5H12/c1-2-7-4-3-5-8(9)6-7;1-3-5-4-2/h3-6H,2,9H2,1H3;3-5H2,1-2H3. The van der Waals surface area contributed by atoms with Crippen LogP contribution in [0.5, 0.6) is 0 Å². The van der Waals surface area contributed by atoms with Crippen molar-refractivity contribution in [3.8, 4) is 0 Å². The second kappa shape index (κ2) is 8.61. The molecule has 0 aliphatic carbocycles. The number of nitrogens with two attached hydrogens (primary N) is 1. The van der Waals surface area contributed by atoms with Gasteiger partial charge in [0.15, 0.2) is 0 Å². The van der Waals surface area contributed by atoms with Crippen LogP contribution in [0.25, 0.3) is 0 Å². The highest BCUT2D eigenvalue weighted by atomic mass is 14.5. The Morgan fingerprint density at radius 3 is 2.00 bits per heavy atom. The number of hydrogen-bond donors (Lipinski definition) is 1. The quantitative estimate of drug-likeness (QED) is 0.721. The summed E-state index contributed by atoms with van der Waals surface area (Å²) in [5.41, 5.74) is 7.69. The third-order valence-corrected chi connectivity index (χ3v) is 2.07. The molecule has 14 heavy (non-hydrogen) atoms. The molecule has 80 valence electrons. The molecule has 1 aromatic rings. The van der Waals surface area contributed by atoms with Crippen molar-refractivity contribution in [2.45, 2.75) is 46.5 Å². The summed E-state index contributed by atoms with van der Waals surface area (Å²) in [5.74, 6) is 0. The van der Waals surface area contributed by atoms with Crippen molar-refractivity contribution in [3.05, 3.63) is 29.8 Å². The Bertz CT molecular complexity index is 228. The van der Waals surface area contributed by atoms with Gasteiger partial charge in [-0.05, 0) is 24.1 Å². The summed E-state index contributed by atoms with van der Waals surface area (Å²) in [6.45, 7) is 6.54. The third-order valence-electron chi connectivity index (χ3n) is 2.07. The fourth-order valence-corrected chi connectivity index (χ4v) is 1.17. The number of unbranched alkanes of at least 4 members (excludes halogenated alkanes) is 2. The van der Waals surface area contributed by atoms with Gasteiger partial charge in [-0.25, -0.2) is 0 Å². The van der Waals surface area contributed by atoms with E-state index >= 15 is 0 Å². The molecule has 0 radical (unpaired) electrons. The number of rotatable bonds is 3. The van der Waals surface area contributed by atoms with Gasteiger partial charge in [0.25, 0.3) is 0 Å². The van der Waals surface area contributed by atoms with Crippen molar-refractivity contribution in [3.63, 3.8) is 0 Å². The van der Waals surface area contributed by atoms with E-state index in [0.29, 0.717) is 0 Å². The summed E-state index contributed by atoms with van der Waals surface area (Å²) in [7, 11) is 0. The molecule has 1 heteroatoms. The normalized spacial score (nSPS) is 9.07. The molecule has 0 fully saturated rings. The van der Waals surface area contributed by atoms with Crippen molar-refractivity contribution in [1.29, 1.82) is 0 Å². The zero-order valence-electron chi connectivity index (χ0n) is 9.72. The molecule has 0 bridgehead atoms. The summed E-state index contributed by atoms with van der Waals surface area (Å²) < 4.78 is 0. The number of hydrogen-bond acceptors (Lipinski definition) is 1. The summed E-state index contributed by atoms with van der Waals surface area (Å²) in [5, 5.41) is 0. The Kier molecular flexibility index (Phi) is 8.01. The number of aryl methyl sites for hydroxylation is 1. The topological polar surface area (TPSA) is 26.0 Å². The molecule has 0 heterocycles. The molecule has 0 saturated carbocycles. The van der Waals surface area contributed by atoms with Gasteiger partial charge in [0, 0.05) is 5.69 Å². The lowest BCUT2D eigenvalue weighted by molar-refractivity contribution is 0.772. The minimum absolute atomic E-state index is 0.856. The molecule has 1 rings (SSSR count). The van der Waals surface area contributed by atoms with Crippen LogP contribution < -0.4 is 5.73 Å². The van der Waals surface area contributed by atoms with E-state index in [1.54, 1.807) is 0 Å². The predicted molar refractivity (Wildman–Crippen MR) is 65.4 cm³/mol. The summed E-state index contributed by atoms with van der Waals surface area (Å²) in [6.07, 6.45) is 5.14. The van der Waals surface area contributed by atoms with Crippen LogP contribution in [0.2, 0.25) is 0 Å². The van der Waals surface area contributed by atoms with Gasteiger partial charge in [-0.1, -0.05) is 52.2 Å². The van der Waals surface area contributed by atoms with Crippen molar-refractivity contribution in [2.75, 3.05) is 5.73 Å². The van der Waals surface area contributed by atoms with E-state index in [4.69, 9.17) is 5.73 Å². The summed E-state index contributed by atoms with van der Waals surface area (Å²) in [6, 6.07) is 7.96. The maximum atomic E-state index is 5.53. The van der Waals surface area contributed by atoms with E-state index in [1.165, 1.54) is 24.8 Å². The van der Waals surface area contributed by atoms with E-state index in [-0.39, 0.29) is 0 Å². The van der Waals surface area contributed by atoms with Crippen molar-refractivity contribution in [1.82, 2.24) is 0 Å². The van der Waals surface area contributed by atoms with Crippen LogP contribution >= 0.6 is 0 Å². The predicted octanol–water partition coefficient (Wildman–Crippen LogP) is 4.03. The molecule has 0 spiro atoms. The van der Waals surface area contributed by atoms with Crippen molar-refractivity contribution >= 4 is 5.69 Å². The van der Waals surface area contributed by atoms with Gasteiger partial charge in [0.1, 0.15) is 0 Å². The molecule has 1 aromatic carbocycles. The Morgan fingerprint density at radius 1 is 1.07 bits per heavy atom. The molecule has 0 aromatic heterocycles. The van der Waals surface area contributed by atoms with Crippen LogP contribution in [-0.2, 0) is 6.42 Å². The van der Waals surface area contributed by atoms with Gasteiger partial charge in [-0.2, -0.15) is 0 Å². The highest BCUT2D eigenvalue weighted by molar-refractivity contribution is 5.40. The average molecular weight is 193 g/mol. The van der Waals surface area contributed by atoms with Gasteiger partial charge in [-0.3, -0.25) is 0 Å². The first-order chi connectivity index (χ1) is 6.74. The molecule has 0 atom stereocenters. The van der Waals surface area contributed by atoms with Crippen LogP contribution in [0.4, 0.5) is 5.69 Å². The maximum absolute atomic E-state index is 5.53. The van der Waals surface area contributed by atoms with E-state index in [0.717, 1.165) is 12.1 Å². The highest BCUT2D eigenvalue weighted by Crippen LogP contribution is 2.05. The molecule has 0 saturated heterocycles. The Balaban J connectivity index is 0.000000292. The molecule has 1 nitrogen and oxygen atoms in total. The second-order valence-electron chi connectivity index (χ2n) is 3.45. The average Bonchev–Trinajstić information content (AvgIpc) is 2.20. The van der Waals surface area contributed by atoms with Crippen LogP contribution in [0.3, 0.4) is 0 Å². The van der Waals surface area contributed by atoms with Crippen LogP contribution in [-0.4, -0.2) is 0 Å². The van der Waals surface area contributed by atoms with Crippen LogP contribution in [0.15, 0.2) is 24.3 Å². The van der Waals surface area contributed by atoms with Gasteiger partial charge in [0.05, 0.1) is 0 Å². The van der Waals surface area contributed by atoms with Crippen LogP contribution in [0, 0.1) is 0 Å². The minimum Gasteiger partial charge on any atom is -0.399 e. The first-order valence-electron chi connectivity index (χ1n) is 5.58. The Labute approximate surface area is 88.3 Å². The fraction of sp³-hybridized carbons (Fsp3) is 0.538. The lowest BCUT2D eigenvalue weighted by Gasteiger charge is -1.95. The Hall–Kier alpha value is -0.980. The molecule has 0 aliphatic heterocycles. The largest absolute Gasteiger partial charge is 0.399 e. The lowest BCUT2D eigenvalue weighted by Crippen LogP contribution is -1.85.